The van der Waals surface area contributed by atoms with Crippen LogP contribution >= 0.6 is 11.6 Å². The van der Waals surface area contributed by atoms with E-state index in [1.165, 1.54) is 18.3 Å². The number of carbonyl (C=O) groups is 1. The number of furan rings is 1. The molecule has 1 aromatic heterocycles. The molecule has 9 heteroatoms. The predicted molar refractivity (Wildman–Crippen MR) is 125 cm³/mol. The van der Waals surface area contributed by atoms with Crippen molar-refractivity contribution >= 4 is 33.7 Å². The number of hydrogen-bond acceptors (Lipinski definition) is 5. The van der Waals surface area contributed by atoms with Gasteiger partial charge in [-0.1, -0.05) is 43.1 Å². The van der Waals surface area contributed by atoms with Gasteiger partial charge in [-0.15, -0.1) is 0 Å². The molecule has 0 aliphatic rings. The normalized spacial score (nSPS) is 12.9. The fourth-order valence-corrected chi connectivity index (χ4v) is 4.34. The largest absolute Gasteiger partial charge is 0.455 e. The van der Waals surface area contributed by atoms with E-state index in [0.717, 1.165) is 11.1 Å². The Kier molecular flexibility index (Phi) is 7.50. The lowest BCUT2D eigenvalue weighted by Gasteiger charge is -2.20. The summed E-state index contributed by atoms with van der Waals surface area (Å²) in [5.41, 5.74) is 4.17. The number of nitrogens with zero attached hydrogens (tertiary/aromatic N) is 1. The number of benzene rings is 2. The minimum absolute atomic E-state index is 0.0929. The van der Waals surface area contributed by atoms with E-state index in [1.807, 2.05) is 19.1 Å². The number of rotatable bonds is 8. The Morgan fingerprint density at radius 1 is 1.03 bits per heavy atom. The molecule has 7 nitrogen and oxygen atoms in total. The summed E-state index contributed by atoms with van der Waals surface area (Å²) in [5.74, 6) is 0.180. The third-order valence-corrected chi connectivity index (χ3v) is 6.39. The quantitative estimate of drug-likeness (QED) is 0.375. The van der Waals surface area contributed by atoms with Crippen molar-refractivity contribution in [2.75, 3.05) is 0 Å². The number of sulfonamides is 1. The zero-order valence-corrected chi connectivity index (χ0v) is 19.4. The maximum absolute atomic E-state index is 12.7. The molecule has 0 aliphatic carbocycles. The summed E-state index contributed by atoms with van der Waals surface area (Å²) in [7, 11) is -3.86. The lowest BCUT2D eigenvalue weighted by atomic mass is 10.1. The van der Waals surface area contributed by atoms with Gasteiger partial charge in [0.2, 0.25) is 10.0 Å². The van der Waals surface area contributed by atoms with Crippen LogP contribution in [-0.2, 0) is 14.8 Å². The molecule has 0 spiro atoms. The first-order valence-electron chi connectivity index (χ1n) is 9.93. The van der Waals surface area contributed by atoms with Crippen LogP contribution in [0.25, 0.3) is 11.3 Å². The van der Waals surface area contributed by atoms with Gasteiger partial charge >= 0.3 is 0 Å². The summed E-state index contributed by atoms with van der Waals surface area (Å²) >= 11 is 5.90. The Bertz CT molecular complexity index is 1200. The van der Waals surface area contributed by atoms with E-state index in [0.29, 0.717) is 16.5 Å². The van der Waals surface area contributed by atoms with Crippen molar-refractivity contribution in [2.24, 2.45) is 11.0 Å². The van der Waals surface area contributed by atoms with Gasteiger partial charge in [-0.3, -0.25) is 4.79 Å². The molecule has 3 aromatic rings. The number of hydrazone groups is 1. The molecule has 2 N–H and O–H groups in total. The molecule has 168 valence electrons. The second-order valence-corrected chi connectivity index (χ2v) is 9.75. The fraction of sp³-hybridized carbons (Fsp3) is 0.217. The van der Waals surface area contributed by atoms with Crippen molar-refractivity contribution < 1.29 is 17.6 Å². The highest BCUT2D eigenvalue weighted by Crippen LogP contribution is 2.23. The Morgan fingerprint density at radius 3 is 2.31 bits per heavy atom. The Hall–Kier alpha value is -2.94. The smallest absolute Gasteiger partial charge is 0.258 e. The highest BCUT2D eigenvalue weighted by Gasteiger charge is 2.28. The zero-order chi connectivity index (χ0) is 23.3. The van der Waals surface area contributed by atoms with Crippen LogP contribution in [0.4, 0.5) is 0 Å². The average molecular weight is 474 g/mol. The summed E-state index contributed by atoms with van der Waals surface area (Å²) in [6, 6.07) is 16.1. The zero-order valence-electron chi connectivity index (χ0n) is 17.9. The van der Waals surface area contributed by atoms with Gasteiger partial charge in [-0.25, -0.2) is 13.8 Å². The van der Waals surface area contributed by atoms with Crippen molar-refractivity contribution in [3.8, 4) is 11.3 Å². The van der Waals surface area contributed by atoms with Crippen LogP contribution in [0.3, 0.4) is 0 Å². The summed E-state index contributed by atoms with van der Waals surface area (Å²) < 4.78 is 33.5. The molecule has 0 saturated heterocycles. The molecular formula is C23H24ClN3O4S. The van der Waals surface area contributed by atoms with Crippen molar-refractivity contribution in [2.45, 2.75) is 31.7 Å². The summed E-state index contributed by atoms with van der Waals surface area (Å²) in [6.45, 7) is 5.36. The van der Waals surface area contributed by atoms with E-state index in [4.69, 9.17) is 16.0 Å². The van der Waals surface area contributed by atoms with Crippen molar-refractivity contribution in [1.29, 1.82) is 0 Å². The molecule has 0 fully saturated rings. The monoisotopic (exact) mass is 473 g/mol. The fourth-order valence-electron chi connectivity index (χ4n) is 2.87. The van der Waals surface area contributed by atoms with Gasteiger partial charge in [0, 0.05) is 10.6 Å². The van der Waals surface area contributed by atoms with E-state index >= 15 is 0 Å². The SMILES string of the molecule is Cc1ccc(S(=O)(=O)N[C@@H](C(=O)N/N=C\c2ccc(-c3ccc(Cl)cc3)o2)C(C)C)cc1. The highest BCUT2D eigenvalue weighted by atomic mass is 35.5. The van der Waals surface area contributed by atoms with Crippen molar-refractivity contribution in [1.82, 2.24) is 10.1 Å². The van der Waals surface area contributed by atoms with Crippen molar-refractivity contribution in [3.63, 3.8) is 0 Å². The Balaban J connectivity index is 1.65. The predicted octanol–water partition coefficient (Wildman–Crippen LogP) is 4.36. The molecule has 0 aliphatic heterocycles. The van der Waals surface area contributed by atoms with Crippen LogP contribution in [0.2, 0.25) is 5.02 Å². The van der Waals surface area contributed by atoms with E-state index in [-0.39, 0.29) is 10.8 Å². The van der Waals surface area contributed by atoms with Crippen LogP contribution in [0.15, 0.2) is 75.1 Å². The number of nitrogens with one attached hydrogen (secondary N) is 2. The van der Waals surface area contributed by atoms with E-state index in [1.54, 1.807) is 50.2 Å². The average Bonchev–Trinajstić information content (AvgIpc) is 3.21. The molecule has 32 heavy (non-hydrogen) atoms. The summed E-state index contributed by atoms with van der Waals surface area (Å²) in [4.78, 5) is 12.7. The number of amides is 1. The first-order valence-corrected chi connectivity index (χ1v) is 11.8. The number of carbonyl (C=O) groups excluding carboxylic acids is 1. The molecule has 2 aromatic carbocycles. The van der Waals surface area contributed by atoms with Gasteiger partial charge in [0.15, 0.2) is 0 Å². The van der Waals surface area contributed by atoms with E-state index < -0.39 is 22.0 Å². The molecule has 1 atom stereocenters. The van der Waals surface area contributed by atoms with Gasteiger partial charge in [0.25, 0.3) is 5.91 Å². The van der Waals surface area contributed by atoms with Gasteiger partial charge in [-0.2, -0.15) is 9.82 Å². The maximum atomic E-state index is 12.7. The number of halogens is 1. The van der Waals surface area contributed by atoms with Gasteiger partial charge in [0.05, 0.1) is 11.1 Å². The van der Waals surface area contributed by atoms with Crippen molar-refractivity contribution in [3.05, 3.63) is 77.0 Å². The Morgan fingerprint density at radius 2 is 1.69 bits per heavy atom. The van der Waals surface area contributed by atoms with Gasteiger partial charge in [0.1, 0.15) is 17.6 Å². The van der Waals surface area contributed by atoms with Crippen LogP contribution in [0.1, 0.15) is 25.2 Å². The van der Waals surface area contributed by atoms with Crippen LogP contribution in [-0.4, -0.2) is 26.6 Å². The highest BCUT2D eigenvalue weighted by molar-refractivity contribution is 7.89. The van der Waals surface area contributed by atoms with Crippen LogP contribution in [0.5, 0.6) is 0 Å². The molecule has 3 rings (SSSR count). The lowest BCUT2D eigenvalue weighted by Crippen LogP contribution is -2.48. The molecule has 0 bridgehead atoms. The van der Waals surface area contributed by atoms with Gasteiger partial charge in [-0.05, 0) is 61.4 Å². The topological polar surface area (TPSA) is 101 Å². The minimum Gasteiger partial charge on any atom is -0.455 e. The summed E-state index contributed by atoms with van der Waals surface area (Å²) in [5, 5.41) is 4.53. The standard InChI is InChI=1S/C23H24ClN3O4S/c1-15(2)22(27-32(29,30)20-11-4-16(3)5-12-20)23(28)26-25-14-19-10-13-21(31-19)17-6-8-18(24)9-7-17/h4-15,22,27H,1-3H3,(H,26,28)/b25-14-/t22-/m1/s1. The molecule has 0 saturated carbocycles. The van der Waals surface area contributed by atoms with Crippen LogP contribution < -0.4 is 10.1 Å². The lowest BCUT2D eigenvalue weighted by molar-refractivity contribution is -0.123. The third-order valence-electron chi connectivity index (χ3n) is 4.68. The van der Waals surface area contributed by atoms with Crippen LogP contribution in [0, 0.1) is 12.8 Å². The van der Waals surface area contributed by atoms with E-state index in [9.17, 15) is 13.2 Å². The Labute approximate surface area is 192 Å². The summed E-state index contributed by atoms with van der Waals surface area (Å²) in [6.07, 6.45) is 1.35. The maximum Gasteiger partial charge on any atom is 0.258 e. The molecule has 0 unspecified atom stereocenters. The minimum atomic E-state index is -3.86. The molecule has 0 radical (unpaired) electrons. The first kappa shape index (κ1) is 23.7. The third kappa shape index (κ3) is 6.06. The molecular weight excluding hydrogens is 450 g/mol. The second kappa shape index (κ2) is 10.1. The second-order valence-electron chi connectivity index (χ2n) is 7.60. The van der Waals surface area contributed by atoms with Gasteiger partial charge < -0.3 is 4.42 Å². The van der Waals surface area contributed by atoms with E-state index in [2.05, 4.69) is 15.2 Å². The number of aryl methyl sites for hydroxylation is 1. The first-order chi connectivity index (χ1) is 15.2. The number of hydrogen-bond donors (Lipinski definition) is 2. The molecule has 1 amide bonds. The molecule has 1 heterocycles.